The Labute approximate surface area is 90.0 Å². The van der Waals surface area contributed by atoms with E-state index in [2.05, 4.69) is 0 Å². The van der Waals surface area contributed by atoms with E-state index in [0.717, 1.165) is 7.05 Å². The topological polar surface area (TPSA) is 12.0 Å². The summed E-state index contributed by atoms with van der Waals surface area (Å²) in [5.41, 5.74) is 0. The Hall–Kier alpha value is -0.670. The van der Waals surface area contributed by atoms with E-state index >= 15 is 0 Å². The van der Waals surface area contributed by atoms with Gasteiger partial charge in [-0.2, -0.15) is 39.5 Å². The van der Waals surface area contributed by atoms with Gasteiger partial charge in [0.25, 0.3) is 0 Å². The first-order valence-electron chi connectivity index (χ1n) is 4.16. The zero-order valence-corrected chi connectivity index (χ0v) is 8.32. The molecular weight excluding hydrogens is 269 g/mol. The maximum Gasteiger partial charge on any atom is 0.460 e. The van der Waals surface area contributed by atoms with Crippen molar-refractivity contribution in [3.05, 3.63) is 0 Å². The summed E-state index contributed by atoms with van der Waals surface area (Å²) in [4.78, 5) is 0. The number of nitrogens with one attached hydrogen (secondary N) is 1. The molecule has 0 radical (unpaired) electrons. The van der Waals surface area contributed by atoms with Crippen molar-refractivity contribution in [2.24, 2.45) is 0 Å². The standard InChI is InChI=1S/C7H8F9N/c1-17-3-2-4(8,9)5(10,11)6(12,13)7(14,15)16/h17H,2-3H2,1H3. The molecule has 104 valence electrons. The molecule has 0 atom stereocenters. The quantitative estimate of drug-likeness (QED) is 0.761. The second-order valence-corrected chi connectivity index (χ2v) is 3.20. The van der Waals surface area contributed by atoms with Crippen LogP contribution >= 0.6 is 0 Å². The van der Waals surface area contributed by atoms with Gasteiger partial charge >= 0.3 is 23.9 Å². The van der Waals surface area contributed by atoms with Crippen LogP contribution in [0.4, 0.5) is 39.5 Å². The number of alkyl halides is 9. The summed E-state index contributed by atoms with van der Waals surface area (Å²) < 4.78 is 110. The van der Waals surface area contributed by atoms with Gasteiger partial charge in [-0.05, 0) is 7.05 Å². The third-order valence-corrected chi connectivity index (χ3v) is 1.90. The fourth-order valence-corrected chi connectivity index (χ4v) is 0.847. The zero-order valence-electron chi connectivity index (χ0n) is 8.32. The molecule has 0 aromatic carbocycles. The van der Waals surface area contributed by atoms with Crippen LogP contribution in [-0.4, -0.2) is 37.5 Å². The first-order valence-corrected chi connectivity index (χ1v) is 4.16. The fraction of sp³-hybridized carbons (Fsp3) is 1.00. The largest absolute Gasteiger partial charge is 0.460 e. The van der Waals surface area contributed by atoms with Gasteiger partial charge in [0, 0.05) is 13.0 Å². The van der Waals surface area contributed by atoms with Crippen LogP contribution in [0, 0.1) is 0 Å². The van der Waals surface area contributed by atoms with Gasteiger partial charge in [0.05, 0.1) is 0 Å². The van der Waals surface area contributed by atoms with Crippen LogP contribution in [0.3, 0.4) is 0 Å². The van der Waals surface area contributed by atoms with Crippen LogP contribution in [0.15, 0.2) is 0 Å². The highest BCUT2D eigenvalue weighted by molar-refractivity contribution is 5.00. The van der Waals surface area contributed by atoms with Crippen LogP contribution in [0.1, 0.15) is 6.42 Å². The highest BCUT2D eigenvalue weighted by Gasteiger charge is 2.81. The molecule has 10 heteroatoms. The molecule has 17 heavy (non-hydrogen) atoms. The first kappa shape index (κ1) is 16.3. The Kier molecular flexibility index (Phi) is 4.36. The average Bonchev–Trinajstić information content (AvgIpc) is 2.12. The molecule has 0 aliphatic carbocycles. The summed E-state index contributed by atoms with van der Waals surface area (Å²) in [6, 6.07) is 0. The third kappa shape index (κ3) is 2.78. The van der Waals surface area contributed by atoms with Crippen molar-refractivity contribution < 1.29 is 39.5 Å². The lowest BCUT2D eigenvalue weighted by atomic mass is 10.0. The van der Waals surface area contributed by atoms with Crippen LogP contribution in [0.5, 0.6) is 0 Å². The van der Waals surface area contributed by atoms with Gasteiger partial charge < -0.3 is 5.32 Å². The summed E-state index contributed by atoms with van der Waals surface area (Å²) in [6.45, 7) is -0.837. The van der Waals surface area contributed by atoms with Gasteiger partial charge in [0.2, 0.25) is 0 Å². The van der Waals surface area contributed by atoms with Crippen molar-refractivity contribution in [1.82, 2.24) is 5.32 Å². The minimum atomic E-state index is -6.79. The van der Waals surface area contributed by atoms with E-state index in [1.807, 2.05) is 5.32 Å². The van der Waals surface area contributed by atoms with Gasteiger partial charge in [0.15, 0.2) is 0 Å². The van der Waals surface area contributed by atoms with E-state index in [1.54, 1.807) is 0 Å². The number of hydrogen-bond donors (Lipinski definition) is 1. The highest BCUT2D eigenvalue weighted by atomic mass is 19.4. The molecule has 0 unspecified atom stereocenters. The van der Waals surface area contributed by atoms with Crippen molar-refractivity contribution in [3.8, 4) is 0 Å². The van der Waals surface area contributed by atoms with Crippen molar-refractivity contribution in [2.45, 2.75) is 30.4 Å². The van der Waals surface area contributed by atoms with Gasteiger partial charge in [-0.1, -0.05) is 0 Å². The molecule has 0 heterocycles. The molecule has 0 saturated heterocycles. The van der Waals surface area contributed by atoms with E-state index in [4.69, 9.17) is 0 Å². The summed E-state index contributed by atoms with van der Waals surface area (Å²) >= 11 is 0. The predicted octanol–water partition coefficient (Wildman–Crippen LogP) is 3.06. The minimum absolute atomic E-state index is 0.837. The van der Waals surface area contributed by atoms with E-state index in [-0.39, 0.29) is 0 Å². The van der Waals surface area contributed by atoms with Gasteiger partial charge in [-0.25, -0.2) is 0 Å². The Morgan fingerprint density at radius 3 is 1.47 bits per heavy atom. The van der Waals surface area contributed by atoms with Crippen molar-refractivity contribution in [1.29, 1.82) is 0 Å². The lowest BCUT2D eigenvalue weighted by Gasteiger charge is -2.33. The van der Waals surface area contributed by atoms with Gasteiger partial charge in [-0.3, -0.25) is 0 Å². The van der Waals surface area contributed by atoms with Crippen LogP contribution < -0.4 is 5.32 Å². The summed E-state index contributed by atoms with van der Waals surface area (Å²) in [6.07, 6.45) is -8.60. The molecule has 1 N–H and O–H groups in total. The molecule has 0 bridgehead atoms. The first-order chi connectivity index (χ1) is 7.31. The normalized spacial score (nSPS) is 15.2. The molecule has 0 aliphatic heterocycles. The lowest BCUT2D eigenvalue weighted by molar-refractivity contribution is -0.396. The Balaban J connectivity index is 5.24. The molecule has 0 aromatic rings. The lowest BCUT2D eigenvalue weighted by Crippen LogP contribution is -2.61. The van der Waals surface area contributed by atoms with Crippen molar-refractivity contribution in [2.75, 3.05) is 13.6 Å². The number of halogens is 9. The Morgan fingerprint density at radius 2 is 1.18 bits per heavy atom. The van der Waals surface area contributed by atoms with E-state index in [1.165, 1.54) is 0 Å². The average molecular weight is 277 g/mol. The molecule has 1 nitrogen and oxygen atoms in total. The highest BCUT2D eigenvalue weighted by Crippen LogP contribution is 2.53. The maximum atomic E-state index is 12.6. The van der Waals surface area contributed by atoms with Crippen molar-refractivity contribution >= 4 is 0 Å². The van der Waals surface area contributed by atoms with E-state index in [0.29, 0.717) is 0 Å². The van der Waals surface area contributed by atoms with E-state index in [9.17, 15) is 39.5 Å². The smallest absolute Gasteiger partial charge is 0.320 e. The SMILES string of the molecule is CNCCC(F)(F)C(F)(F)C(F)(F)C(F)(F)F. The second-order valence-electron chi connectivity index (χ2n) is 3.20. The minimum Gasteiger partial charge on any atom is -0.320 e. The van der Waals surface area contributed by atoms with Gasteiger partial charge in [0.1, 0.15) is 0 Å². The molecule has 0 aromatic heterocycles. The molecule has 0 fully saturated rings. The molecule has 0 spiro atoms. The van der Waals surface area contributed by atoms with Crippen LogP contribution in [0.25, 0.3) is 0 Å². The monoisotopic (exact) mass is 277 g/mol. The molecule has 0 saturated carbocycles. The molecular formula is C7H8F9N. The van der Waals surface area contributed by atoms with Crippen molar-refractivity contribution in [3.63, 3.8) is 0 Å². The Bertz CT molecular complexity index is 257. The van der Waals surface area contributed by atoms with Crippen LogP contribution in [-0.2, 0) is 0 Å². The summed E-state index contributed by atoms with van der Waals surface area (Å²) in [7, 11) is 1.05. The molecule has 0 aliphatic rings. The predicted molar refractivity (Wildman–Crippen MR) is 39.4 cm³/mol. The Morgan fingerprint density at radius 1 is 0.765 bits per heavy atom. The number of hydrogen-bond acceptors (Lipinski definition) is 1. The number of rotatable bonds is 5. The fourth-order valence-electron chi connectivity index (χ4n) is 0.847. The second kappa shape index (κ2) is 4.54. The third-order valence-electron chi connectivity index (χ3n) is 1.90. The molecule has 0 amide bonds. The van der Waals surface area contributed by atoms with Crippen LogP contribution in [0.2, 0.25) is 0 Å². The summed E-state index contributed by atoms with van der Waals surface area (Å²) in [5.74, 6) is -18.8. The zero-order chi connectivity index (χ0) is 14.1. The molecule has 0 rings (SSSR count). The van der Waals surface area contributed by atoms with Gasteiger partial charge in [-0.15, -0.1) is 0 Å². The van der Waals surface area contributed by atoms with E-state index < -0.39 is 36.9 Å². The maximum absolute atomic E-state index is 12.6. The summed E-state index contributed by atoms with van der Waals surface area (Å²) in [5, 5.41) is 1.95.